The molecule has 2 heterocycles. The number of carbonyl (C=O) groups excluding carboxylic acids is 1. The van der Waals surface area contributed by atoms with Crippen LogP contribution in [0.2, 0.25) is 0 Å². The van der Waals surface area contributed by atoms with E-state index in [4.69, 9.17) is 4.74 Å². The number of aliphatic hydroxyl groups excluding tert-OH is 3. The van der Waals surface area contributed by atoms with Gasteiger partial charge in [0.1, 0.15) is 30.2 Å². The first-order valence-electron chi connectivity index (χ1n) is 8.90. The van der Waals surface area contributed by atoms with Crippen molar-refractivity contribution in [2.24, 2.45) is 0 Å². The van der Waals surface area contributed by atoms with Gasteiger partial charge >= 0.3 is 0 Å². The highest BCUT2D eigenvalue weighted by Crippen LogP contribution is 2.33. The molecule has 5 nitrogen and oxygen atoms in total. The van der Waals surface area contributed by atoms with Crippen LogP contribution in [0, 0.1) is 5.82 Å². The molecule has 0 spiro atoms. The Morgan fingerprint density at radius 2 is 1.86 bits per heavy atom. The molecule has 4 atom stereocenters. The lowest BCUT2D eigenvalue weighted by molar-refractivity contribution is -0.189. The number of aliphatic hydroxyl groups is 3. The average Bonchev–Trinajstić information content (AvgIpc) is 3.11. The van der Waals surface area contributed by atoms with Crippen LogP contribution in [0.25, 0.3) is 10.1 Å². The maximum absolute atomic E-state index is 14.4. The summed E-state index contributed by atoms with van der Waals surface area (Å²) in [5.74, 6) is -1.21. The maximum atomic E-state index is 14.4. The zero-order valence-corrected chi connectivity index (χ0v) is 15.6. The summed E-state index contributed by atoms with van der Waals surface area (Å²) < 4.78 is 21.0. The predicted octanol–water partition coefficient (Wildman–Crippen LogP) is 2.35. The lowest BCUT2D eigenvalue weighted by Gasteiger charge is -2.35. The molecule has 2 aromatic carbocycles. The summed E-state index contributed by atoms with van der Waals surface area (Å²) in [6, 6.07) is 14.2. The van der Waals surface area contributed by atoms with Gasteiger partial charge in [-0.05, 0) is 40.8 Å². The first kappa shape index (κ1) is 19.2. The van der Waals surface area contributed by atoms with Crippen LogP contribution in [0.5, 0.6) is 0 Å². The second-order valence-corrected chi connectivity index (χ2v) is 8.02. The quantitative estimate of drug-likeness (QED) is 0.624. The number of hydrogen-bond donors (Lipinski definition) is 3. The Bertz CT molecular complexity index is 984. The Kier molecular flexibility index (Phi) is 5.27. The van der Waals surface area contributed by atoms with Gasteiger partial charge < -0.3 is 20.1 Å². The molecule has 146 valence electrons. The molecule has 1 saturated heterocycles. The van der Waals surface area contributed by atoms with Gasteiger partial charge in [-0.1, -0.05) is 24.3 Å². The number of thiophene rings is 1. The van der Waals surface area contributed by atoms with Crippen LogP contribution in [0.1, 0.15) is 22.1 Å². The summed E-state index contributed by atoms with van der Waals surface area (Å²) in [4.78, 5) is 13.0. The number of fused-ring (bicyclic) bond motifs is 1. The fraction of sp³-hybridized carbons (Fsp3) is 0.286. The standard InChI is InChI=1S/C21H19FO5S/c22-15-6-5-12(21-20(26)19(25)18(24)16(10-23)27-21)7-13(15)9-14-8-11-3-1-2-4-17(11)28-14/h1-8,16,18,20-21,23-24,26H,9-10H2/t16-,18+,20+,21+/m1/s1. The van der Waals surface area contributed by atoms with Gasteiger partial charge in [-0.25, -0.2) is 4.39 Å². The van der Waals surface area contributed by atoms with Crippen molar-refractivity contribution in [3.8, 4) is 0 Å². The van der Waals surface area contributed by atoms with Crippen molar-refractivity contribution >= 4 is 27.2 Å². The van der Waals surface area contributed by atoms with Gasteiger partial charge in [-0.15, -0.1) is 11.3 Å². The van der Waals surface area contributed by atoms with Gasteiger partial charge in [-0.2, -0.15) is 0 Å². The largest absolute Gasteiger partial charge is 0.394 e. The highest BCUT2D eigenvalue weighted by Gasteiger charge is 2.43. The molecule has 0 aliphatic carbocycles. The normalized spacial score (nSPS) is 25.4. The third-order valence-electron chi connectivity index (χ3n) is 4.96. The van der Waals surface area contributed by atoms with Gasteiger partial charge in [0.25, 0.3) is 0 Å². The van der Waals surface area contributed by atoms with Crippen molar-refractivity contribution in [3.05, 3.63) is 70.4 Å². The average molecular weight is 402 g/mol. The van der Waals surface area contributed by atoms with Crippen LogP contribution >= 0.6 is 11.3 Å². The molecular formula is C21H19FO5S. The topological polar surface area (TPSA) is 87.0 Å². The lowest BCUT2D eigenvalue weighted by atomic mass is 9.91. The van der Waals surface area contributed by atoms with Gasteiger partial charge in [0.2, 0.25) is 0 Å². The Hall–Kier alpha value is -2.16. The van der Waals surface area contributed by atoms with E-state index in [2.05, 4.69) is 0 Å². The van der Waals surface area contributed by atoms with Crippen LogP contribution < -0.4 is 0 Å². The van der Waals surface area contributed by atoms with Crippen LogP contribution in [-0.4, -0.2) is 46.0 Å². The van der Waals surface area contributed by atoms with Crippen LogP contribution in [-0.2, 0) is 16.0 Å². The summed E-state index contributed by atoms with van der Waals surface area (Å²) in [7, 11) is 0. The molecule has 0 saturated carbocycles. The third kappa shape index (κ3) is 3.47. The minimum absolute atomic E-state index is 0.363. The maximum Gasteiger partial charge on any atom is 0.195 e. The second-order valence-electron chi connectivity index (χ2n) is 6.85. The van der Waals surface area contributed by atoms with E-state index in [9.17, 15) is 24.5 Å². The summed E-state index contributed by atoms with van der Waals surface area (Å²) >= 11 is 1.58. The second kappa shape index (κ2) is 7.69. The molecular weight excluding hydrogens is 383 g/mol. The summed E-state index contributed by atoms with van der Waals surface area (Å²) in [6.45, 7) is -0.564. The number of halogens is 1. The van der Waals surface area contributed by atoms with E-state index in [1.54, 1.807) is 17.4 Å². The van der Waals surface area contributed by atoms with Crippen molar-refractivity contribution < 1.29 is 29.2 Å². The van der Waals surface area contributed by atoms with Gasteiger partial charge in [0, 0.05) is 16.0 Å². The molecule has 0 unspecified atom stereocenters. The molecule has 0 amide bonds. The first-order chi connectivity index (χ1) is 13.5. The Morgan fingerprint density at radius 3 is 2.61 bits per heavy atom. The van der Waals surface area contributed by atoms with E-state index in [1.807, 2.05) is 30.3 Å². The van der Waals surface area contributed by atoms with Crippen molar-refractivity contribution in [2.75, 3.05) is 6.61 Å². The van der Waals surface area contributed by atoms with Crippen molar-refractivity contribution in [3.63, 3.8) is 0 Å². The van der Waals surface area contributed by atoms with Crippen LogP contribution in [0.4, 0.5) is 4.39 Å². The Morgan fingerprint density at radius 1 is 1.07 bits per heavy atom. The van der Waals surface area contributed by atoms with E-state index >= 15 is 0 Å². The smallest absolute Gasteiger partial charge is 0.195 e. The molecule has 1 aliphatic heterocycles. The highest BCUT2D eigenvalue weighted by molar-refractivity contribution is 7.19. The van der Waals surface area contributed by atoms with E-state index in [0.717, 1.165) is 15.0 Å². The van der Waals surface area contributed by atoms with Gasteiger partial charge in [-0.3, -0.25) is 4.79 Å². The fourth-order valence-electron chi connectivity index (χ4n) is 3.47. The molecule has 7 heteroatoms. The van der Waals surface area contributed by atoms with E-state index in [1.165, 1.54) is 12.1 Å². The molecule has 28 heavy (non-hydrogen) atoms. The molecule has 0 radical (unpaired) electrons. The van der Waals surface area contributed by atoms with Gasteiger partial charge in [0.15, 0.2) is 5.78 Å². The minimum Gasteiger partial charge on any atom is -0.394 e. The molecule has 1 aliphatic rings. The lowest BCUT2D eigenvalue weighted by Crippen LogP contribution is -2.52. The first-order valence-corrected chi connectivity index (χ1v) is 9.71. The van der Waals surface area contributed by atoms with Crippen molar-refractivity contribution in [1.29, 1.82) is 0 Å². The number of benzene rings is 2. The Balaban J connectivity index is 1.64. The Labute approximate surface area is 164 Å². The summed E-state index contributed by atoms with van der Waals surface area (Å²) in [5.41, 5.74) is 0.836. The molecule has 4 rings (SSSR count). The predicted molar refractivity (Wildman–Crippen MR) is 103 cm³/mol. The number of Topliss-reactive ketones (excluding diaryl/α,β-unsaturated/α-hetero) is 1. The monoisotopic (exact) mass is 402 g/mol. The molecule has 1 fully saturated rings. The fourth-order valence-corrected chi connectivity index (χ4v) is 4.55. The van der Waals surface area contributed by atoms with E-state index < -0.39 is 42.6 Å². The van der Waals surface area contributed by atoms with E-state index in [-0.39, 0.29) is 0 Å². The number of rotatable bonds is 4. The van der Waals surface area contributed by atoms with Crippen molar-refractivity contribution in [1.82, 2.24) is 0 Å². The molecule has 0 bridgehead atoms. The zero-order valence-electron chi connectivity index (χ0n) is 14.8. The molecule has 3 aromatic rings. The van der Waals surface area contributed by atoms with Crippen LogP contribution in [0.15, 0.2) is 48.5 Å². The van der Waals surface area contributed by atoms with Crippen molar-refractivity contribution in [2.45, 2.75) is 30.8 Å². The number of ether oxygens (including phenoxy) is 1. The third-order valence-corrected chi connectivity index (χ3v) is 6.08. The highest BCUT2D eigenvalue weighted by atomic mass is 32.1. The zero-order chi connectivity index (χ0) is 19.8. The molecule has 3 N–H and O–H groups in total. The van der Waals surface area contributed by atoms with Gasteiger partial charge in [0.05, 0.1) is 6.61 Å². The SMILES string of the molecule is O=C1[C@@H](O)[C@@H](CO)O[C@@H](c2ccc(F)c(Cc3cc4ccccc4s3)c2)[C@H]1O. The van der Waals surface area contributed by atoms with Crippen LogP contribution in [0.3, 0.4) is 0 Å². The summed E-state index contributed by atoms with van der Waals surface area (Å²) in [5, 5.41) is 30.4. The molecule has 1 aromatic heterocycles. The summed E-state index contributed by atoms with van der Waals surface area (Å²) in [6.07, 6.45) is -5.01. The van der Waals surface area contributed by atoms with E-state index in [0.29, 0.717) is 17.5 Å². The number of ketones is 1. The number of carbonyl (C=O) groups is 1. The number of hydrogen-bond acceptors (Lipinski definition) is 6. The minimum atomic E-state index is -1.59.